The molecule has 0 radical (unpaired) electrons. The molecule has 1 N–H and O–H groups in total. The van der Waals surface area contributed by atoms with E-state index in [9.17, 15) is 4.79 Å². The third-order valence-electron chi connectivity index (χ3n) is 3.22. The van der Waals surface area contributed by atoms with Crippen LogP contribution in [-0.2, 0) is 5.75 Å². The van der Waals surface area contributed by atoms with Gasteiger partial charge in [0.05, 0.1) is 17.7 Å². The molecule has 0 unspecified atom stereocenters. The summed E-state index contributed by atoms with van der Waals surface area (Å²) in [6.07, 6.45) is 1.64. The molecule has 0 spiro atoms. The van der Waals surface area contributed by atoms with Crippen molar-refractivity contribution in [3.63, 3.8) is 0 Å². The molecule has 0 aliphatic carbocycles. The summed E-state index contributed by atoms with van der Waals surface area (Å²) in [5.41, 5.74) is 3.74. The largest absolute Gasteiger partial charge is 0.462 e. The summed E-state index contributed by atoms with van der Waals surface area (Å²) in [6, 6.07) is 5.66. The summed E-state index contributed by atoms with van der Waals surface area (Å²) in [6.45, 7) is 3.89. The average Bonchev–Trinajstić information content (AvgIpc) is 3.19. The van der Waals surface area contributed by atoms with Crippen molar-refractivity contribution in [1.82, 2.24) is 9.97 Å². The van der Waals surface area contributed by atoms with E-state index in [2.05, 4.69) is 9.97 Å². The molecule has 0 aliphatic heterocycles. The van der Waals surface area contributed by atoms with E-state index >= 15 is 0 Å². The van der Waals surface area contributed by atoms with Crippen LogP contribution in [0.3, 0.4) is 0 Å². The highest BCUT2D eigenvalue weighted by molar-refractivity contribution is 7.99. The number of carbonyl (C=O) groups is 1. The summed E-state index contributed by atoms with van der Waals surface area (Å²) in [4.78, 5) is 19.9. The van der Waals surface area contributed by atoms with Crippen molar-refractivity contribution in [3.8, 4) is 10.8 Å². The van der Waals surface area contributed by atoms with Gasteiger partial charge in [-0.25, -0.2) is 4.98 Å². The van der Waals surface area contributed by atoms with Gasteiger partial charge < -0.3 is 9.40 Å². The van der Waals surface area contributed by atoms with Crippen molar-refractivity contribution >= 4 is 28.9 Å². The van der Waals surface area contributed by atoms with Gasteiger partial charge in [-0.1, -0.05) is 0 Å². The SMILES string of the molecule is Cc1cc(C(=O)CSCc2csc(-c3ccco3)n2)c(C)[nH]1. The van der Waals surface area contributed by atoms with Gasteiger partial charge in [0.25, 0.3) is 0 Å². The maximum atomic E-state index is 12.2. The quantitative estimate of drug-likeness (QED) is 0.677. The highest BCUT2D eigenvalue weighted by Crippen LogP contribution is 2.26. The number of nitrogens with one attached hydrogen (secondary N) is 1. The second-order valence-electron chi connectivity index (χ2n) is 5.03. The van der Waals surface area contributed by atoms with Crippen molar-refractivity contribution in [2.45, 2.75) is 19.6 Å². The van der Waals surface area contributed by atoms with Gasteiger partial charge in [0.2, 0.25) is 0 Å². The number of thioether (sulfide) groups is 1. The molecule has 114 valence electrons. The molecule has 3 aromatic heterocycles. The van der Waals surface area contributed by atoms with Crippen LogP contribution in [0.5, 0.6) is 0 Å². The number of hydrogen-bond acceptors (Lipinski definition) is 5. The Hall–Kier alpha value is -1.79. The first-order valence-electron chi connectivity index (χ1n) is 6.89. The van der Waals surface area contributed by atoms with Crippen LogP contribution < -0.4 is 0 Å². The van der Waals surface area contributed by atoms with Gasteiger partial charge in [0.15, 0.2) is 16.6 Å². The number of Topliss-reactive ketones (excluding diaryl/α,β-unsaturated/α-hetero) is 1. The van der Waals surface area contributed by atoms with Crippen LogP contribution in [0.4, 0.5) is 0 Å². The molecule has 0 amide bonds. The van der Waals surface area contributed by atoms with Crippen molar-refractivity contribution < 1.29 is 9.21 Å². The van der Waals surface area contributed by atoms with Gasteiger partial charge in [-0.05, 0) is 32.0 Å². The number of furan rings is 1. The maximum absolute atomic E-state index is 12.2. The molecular formula is C16H16N2O2S2. The number of carbonyl (C=O) groups excluding carboxylic acids is 1. The van der Waals surface area contributed by atoms with E-state index in [1.165, 1.54) is 0 Å². The first-order valence-corrected chi connectivity index (χ1v) is 8.92. The minimum Gasteiger partial charge on any atom is -0.462 e. The van der Waals surface area contributed by atoms with Gasteiger partial charge in [0.1, 0.15) is 0 Å². The smallest absolute Gasteiger partial charge is 0.174 e. The molecule has 0 saturated carbocycles. The molecule has 6 heteroatoms. The number of thiazole rings is 1. The standard InChI is InChI=1S/C16H16N2O2S2/c1-10-6-13(11(2)17-10)14(19)9-21-7-12-8-22-16(18-12)15-4-3-5-20-15/h3-6,8,17H,7,9H2,1-2H3. The number of nitrogens with zero attached hydrogens (tertiary/aromatic N) is 1. The predicted octanol–water partition coefficient (Wildman–Crippen LogP) is 4.46. The third kappa shape index (κ3) is 3.34. The lowest BCUT2D eigenvalue weighted by Gasteiger charge is -1.99. The number of rotatable bonds is 6. The van der Waals surface area contributed by atoms with E-state index < -0.39 is 0 Å². The molecule has 22 heavy (non-hydrogen) atoms. The minimum absolute atomic E-state index is 0.160. The van der Waals surface area contributed by atoms with Crippen LogP contribution in [0.2, 0.25) is 0 Å². The lowest BCUT2D eigenvalue weighted by molar-refractivity contribution is 0.102. The molecular weight excluding hydrogens is 316 g/mol. The molecule has 3 aromatic rings. The Morgan fingerprint density at radius 1 is 1.45 bits per heavy atom. The maximum Gasteiger partial charge on any atom is 0.174 e. The van der Waals surface area contributed by atoms with E-state index in [0.717, 1.165) is 39.2 Å². The Balaban J connectivity index is 1.55. The van der Waals surface area contributed by atoms with Gasteiger partial charge in [-0.15, -0.1) is 23.1 Å². The van der Waals surface area contributed by atoms with Crippen molar-refractivity contribution in [2.24, 2.45) is 0 Å². The Morgan fingerprint density at radius 2 is 2.32 bits per heavy atom. The monoisotopic (exact) mass is 332 g/mol. The molecule has 0 atom stereocenters. The fourth-order valence-electron chi connectivity index (χ4n) is 2.23. The van der Waals surface area contributed by atoms with Gasteiger partial charge in [-0.2, -0.15) is 0 Å². The Kier molecular flexibility index (Phi) is 4.49. The van der Waals surface area contributed by atoms with Crippen LogP contribution in [0.25, 0.3) is 10.8 Å². The van der Waals surface area contributed by atoms with Crippen LogP contribution in [0.1, 0.15) is 27.4 Å². The van der Waals surface area contributed by atoms with Gasteiger partial charge in [-0.3, -0.25) is 4.79 Å². The molecule has 0 aromatic carbocycles. The summed E-state index contributed by atoms with van der Waals surface area (Å²) in [5, 5.41) is 2.89. The van der Waals surface area contributed by atoms with Crippen molar-refractivity contribution in [1.29, 1.82) is 0 Å². The Morgan fingerprint density at radius 3 is 3.00 bits per heavy atom. The molecule has 4 nitrogen and oxygen atoms in total. The predicted molar refractivity (Wildman–Crippen MR) is 90.6 cm³/mol. The van der Waals surface area contributed by atoms with Crippen molar-refractivity contribution in [2.75, 3.05) is 5.75 Å². The second kappa shape index (κ2) is 6.54. The van der Waals surface area contributed by atoms with E-state index in [0.29, 0.717) is 5.75 Å². The normalized spacial score (nSPS) is 11.0. The van der Waals surface area contributed by atoms with E-state index in [-0.39, 0.29) is 5.78 Å². The van der Waals surface area contributed by atoms with Crippen LogP contribution in [0.15, 0.2) is 34.3 Å². The fraction of sp³-hybridized carbons (Fsp3) is 0.250. The number of ketones is 1. The summed E-state index contributed by atoms with van der Waals surface area (Å²) < 4.78 is 5.33. The second-order valence-corrected chi connectivity index (χ2v) is 6.87. The molecule has 0 aliphatic rings. The zero-order valence-electron chi connectivity index (χ0n) is 12.4. The minimum atomic E-state index is 0.160. The number of aromatic nitrogens is 2. The van der Waals surface area contributed by atoms with Crippen molar-refractivity contribution in [3.05, 3.63) is 52.5 Å². The lowest BCUT2D eigenvalue weighted by Crippen LogP contribution is -2.03. The summed E-state index contributed by atoms with van der Waals surface area (Å²) in [7, 11) is 0. The first-order chi connectivity index (χ1) is 10.6. The number of hydrogen-bond donors (Lipinski definition) is 1. The number of H-pyrrole nitrogens is 1. The lowest BCUT2D eigenvalue weighted by atomic mass is 10.2. The van der Waals surface area contributed by atoms with Crippen LogP contribution in [-0.4, -0.2) is 21.5 Å². The molecule has 0 saturated heterocycles. The average molecular weight is 332 g/mol. The topological polar surface area (TPSA) is 58.9 Å². The zero-order chi connectivity index (χ0) is 15.5. The highest BCUT2D eigenvalue weighted by Gasteiger charge is 2.12. The van der Waals surface area contributed by atoms with E-state index in [1.54, 1.807) is 29.4 Å². The van der Waals surface area contributed by atoms with Crippen LogP contribution in [0, 0.1) is 13.8 Å². The third-order valence-corrected chi connectivity index (χ3v) is 5.09. The van der Waals surface area contributed by atoms with Gasteiger partial charge in [0, 0.05) is 28.1 Å². The van der Waals surface area contributed by atoms with E-state index in [4.69, 9.17) is 4.42 Å². The zero-order valence-corrected chi connectivity index (χ0v) is 14.0. The summed E-state index contributed by atoms with van der Waals surface area (Å²) in [5.74, 6) is 2.14. The Labute approximate surface area is 137 Å². The van der Waals surface area contributed by atoms with Crippen LogP contribution >= 0.6 is 23.1 Å². The molecule has 0 bridgehead atoms. The highest BCUT2D eigenvalue weighted by atomic mass is 32.2. The summed E-state index contributed by atoms with van der Waals surface area (Å²) >= 11 is 3.15. The Bertz CT molecular complexity index is 772. The molecule has 0 fully saturated rings. The number of aryl methyl sites for hydroxylation is 2. The van der Waals surface area contributed by atoms with E-state index in [1.807, 2.05) is 37.4 Å². The van der Waals surface area contributed by atoms with Gasteiger partial charge >= 0.3 is 0 Å². The molecule has 3 rings (SSSR count). The number of aromatic amines is 1. The first kappa shape index (κ1) is 15.1. The molecule has 3 heterocycles. The fourth-order valence-corrected chi connectivity index (χ4v) is 3.92.